The smallest absolute Gasteiger partial charge is 0.433 e. The number of nitrogens with one attached hydrogen (secondary N) is 1. The van der Waals surface area contributed by atoms with Crippen molar-refractivity contribution in [3.05, 3.63) is 29.6 Å². The summed E-state index contributed by atoms with van der Waals surface area (Å²) in [5.74, 6) is -1.93. The third kappa shape index (κ3) is 5.05. The Kier molecular flexibility index (Phi) is 5.28. The van der Waals surface area contributed by atoms with Crippen molar-refractivity contribution in [3.8, 4) is 0 Å². The highest BCUT2D eigenvalue weighted by Crippen LogP contribution is 2.27. The van der Waals surface area contributed by atoms with Crippen LogP contribution in [0.15, 0.2) is 18.3 Å². The summed E-state index contributed by atoms with van der Waals surface area (Å²) in [6.07, 6.45) is -3.60. The Morgan fingerprint density at radius 3 is 2.33 bits per heavy atom. The molecule has 0 unspecified atom stereocenters. The largest absolute Gasteiger partial charge is 0.480 e. The number of halogens is 3. The monoisotopic (exact) mass is 304 g/mol. The Hall–Kier alpha value is -2.12. The fourth-order valence-corrected chi connectivity index (χ4v) is 1.63. The number of hydrogen-bond acceptors (Lipinski definition) is 3. The number of pyridine rings is 1. The SMILES string of the molecule is CC(C)C[C@@H](NC(=O)c1ccc(C(F)(F)F)nc1)C(=O)O. The summed E-state index contributed by atoms with van der Waals surface area (Å²) in [4.78, 5) is 26.0. The molecule has 1 rings (SSSR count). The Balaban J connectivity index is 2.81. The van der Waals surface area contributed by atoms with E-state index < -0.39 is 29.8 Å². The summed E-state index contributed by atoms with van der Waals surface area (Å²) >= 11 is 0. The van der Waals surface area contributed by atoms with Crippen LogP contribution in [0, 0.1) is 5.92 Å². The number of hydrogen-bond donors (Lipinski definition) is 2. The van der Waals surface area contributed by atoms with Crippen LogP contribution in [0.2, 0.25) is 0 Å². The highest BCUT2D eigenvalue weighted by Gasteiger charge is 2.32. The fraction of sp³-hybridized carbons (Fsp3) is 0.462. The zero-order chi connectivity index (χ0) is 16.2. The van der Waals surface area contributed by atoms with Crippen LogP contribution in [0.25, 0.3) is 0 Å². The van der Waals surface area contributed by atoms with E-state index in [-0.39, 0.29) is 17.9 Å². The molecule has 1 heterocycles. The van der Waals surface area contributed by atoms with Crippen LogP contribution in [0.3, 0.4) is 0 Å². The number of carboxylic acids is 1. The lowest BCUT2D eigenvalue weighted by atomic mass is 10.0. The first kappa shape index (κ1) is 16.9. The van der Waals surface area contributed by atoms with Crippen molar-refractivity contribution in [2.75, 3.05) is 0 Å². The van der Waals surface area contributed by atoms with Gasteiger partial charge in [-0.05, 0) is 24.5 Å². The van der Waals surface area contributed by atoms with Crippen molar-refractivity contribution < 1.29 is 27.9 Å². The lowest BCUT2D eigenvalue weighted by molar-refractivity contribution is -0.141. The molecule has 1 atom stereocenters. The molecule has 1 aromatic heterocycles. The van der Waals surface area contributed by atoms with E-state index in [0.717, 1.165) is 12.3 Å². The second-order valence-corrected chi connectivity index (χ2v) is 4.92. The molecular weight excluding hydrogens is 289 g/mol. The van der Waals surface area contributed by atoms with E-state index in [9.17, 15) is 22.8 Å². The van der Waals surface area contributed by atoms with E-state index in [1.807, 2.05) is 0 Å². The normalized spacial score (nSPS) is 13.0. The number of nitrogens with zero attached hydrogens (tertiary/aromatic N) is 1. The molecule has 0 spiro atoms. The minimum absolute atomic E-state index is 0.0390. The van der Waals surface area contributed by atoms with Gasteiger partial charge in [-0.3, -0.25) is 9.78 Å². The molecule has 1 aromatic rings. The summed E-state index contributed by atoms with van der Waals surface area (Å²) in [6.45, 7) is 3.59. The number of aromatic nitrogens is 1. The molecule has 0 saturated carbocycles. The maximum absolute atomic E-state index is 12.3. The fourth-order valence-electron chi connectivity index (χ4n) is 1.63. The topological polar surface area (TPSA) is 79.3 Å². The van der Waals surface area contributed by atoms with Crippen molar-refractivity contribution in [3.63, 3.8) is 0 Å². The van der Waals surface area contributed by atoms with Gasteiger partial charge in [-0.15, -0.1) is 0 Å². The van der Waals surface area contributed by atoms with Gasteiger partial charge in [-0.1, -0.05) is 13.8 Å². The van der Waals surface area contributed by atoms with Crippen molar-refractivity contribution in [2.45, 2.75) is 32.5 Å². The van der Waals surface area contributed by atoms with Gasteiger partial charge < -0.3 is 10.4 Å². The number of aliphatic carboxylic acids is 1. The quantitative estimate of drug-likeness (QED) is 0.875. The zero-order valence-corrected chi connectivity index (χ0v) is 11.4. The van der Waals surface area contributed by atoms with Gasteiger partial charge in [0.15, 0.2) is 0 Å². The number of carboxylic acid groups (broad SMARTS) is 1. The molecule has 0 aliphatic carbocycles. The average molecular weight is 304 g/mol. The van der Waals surface area contributed by atoms with Gasteiger partial charge in [0.25, 0.3) is 5.91 Å². The van der Waals surface area contributed by atoms with E-state index in [1.54, 1.807) is 13.8 Å². The number of carbonyl (C=O) groups excluding carboxylic acids is 1. The maximum Gasteiger partial charge on any atom is 0.433 e. The molecular formula is C13H15F3N2O3. The predicted octanol–water partition coefficient (Wildman–Crippen LogP) is 2.33. The van der Waals surface area contributed by atoms with Gasteiger partial charge in [0.05, 0.1) is 5.56 Å². The molecule has 1 amide bonds. The number of amides is 1. The molecule has 8 heteroatoms. The van der Waals surface area contributed by atoms with Gasteiger partial charge in [-0.2, -0.15) is 13.2 Å². The number of alkyl halides is 3. The summed E-state index contributed by atoms with van der Waals surface area (Å²) in [5.41, 5.74) is -1.24. The standard InChI is InChI=1S/C13H15F3N2O3/c1-7(2)5-9(12(20)21)18-11(19)8-3-4-10(17-6-8)13(14,15)16/h3-4,6-7,9H,5H2,1-2H3,(H,18,19)(H,20,21)/t9-/m1/s1. The van der Waals surface area contributed by atoms with Crippen LogP contribution in [0.5, 0.6) is 0 Å². The van der Waals surface area contributed by atoms with Gasteiger partial charge in [-0.25, -0.2) is 4.79 Å². The molecule has 0 radical (unpaired) electrons. The summed E-state index contributed by atoms with van der Waals surface area (Å²) < 4.78 is 37.0. The van der Waals surface area contributed by atoms with E-state index in [0.29, 0.717) is 6.07 Å². The molecule has 0 bridgehead atoms. The van der Waals surface area contributed by atoms with Crippen LogP contribution in [0.4, 0.5) is 13.2 Å². The third-order valence-corrected chi connectivity index (χ3v) is 2.63. The van der Waals surface area contributed by atoms with Crippen LogP contribution in [-0.4, -0.2) is 28.0 Å². The Labute approximate surface area is 119 Å². The molecule has 0 saturated heterocycles. The minimum atomic E-state index is -4.59. The Morgan fingerprint density at radius 1 is 1.33 bits per heavy atom. The number of carbonyl (C=O) groups is 2. The molecule has 116 valence electrons. The first-order valence-corrected chi connectivity index (χ1v) is 6.18. The predicted molar refractivity (Wildman–Crippen MR) is 67.6 cm³/mol. The van der Waals surface area contributed by atoms with Gasteiger partial charge >= 0.3 is 12.1 Å². The summed E-state index contributed by atoms with van der Waals surface area (Å²) in [6, 6.07) is 0.534. The van der Waals surface area contributed by atoms with Crippen molar-refractivity contribution >= 4 is 11.9 Å². The van der Waals surface area contributed by atoms with E-state index in [1.165, 1.54) is 0 Å². The summed E-state index contributed by atoms with van der Waals surface area (Å²) in [5, 5.41) is 11.3. The van der Waals surface area contributed by atoms with Gasteiger partial charge in [0, 0.05) is 6.20 Å². The molecule has 0 aliphatic heterocycles. The van der Waals surface area contributed by atoms with Gasteiger partial charge in [0.2, 0.25) is 0 Å². The highest BCUT2D eigenvalue weighted by molar-refractivity contribution is 5.96. The Morgan fingerprint density at radius 2 is 1.95 bits per heavy atom. The lowest BCUT2D eigenvalue weighted by Gasteiger charge is -2.16. The molecule has 21 heavy (non-hydrogen) atoms. The van der Waals surface area contributed by atoms with Crippen molar-refractivity contribution in [1.82, 2.24) is 10.3 Å². The molecule has 0 aromatic carbocycles. The highest BCUT2D eigenvalue weighted by atomic mass is 19.4. The average Bonchev–Trinajstić information content (AvgIpc) is 2.36. The lowest BCUT2D eigenvalue weighted by Crippen LogP contribution is -2.41. The summed E-state index contributed by atoms with van der Waals surface area (Å²) in [7, 11) is 0. The van der Waals surface area contributed by atoms with E-state index >= 15 is 0 Å². The first-order chi connectivity index (χ1) is 9.61. The second-order valence-electron chi connectivity index (χ2n) is 4.92. The second kappa shape index (κ2) is 6.55. The third-order valence-electron chi connectivity index (χ3n) is 2.63. The maximum atomic E-state index is 12.3. The van der Waals surface area contributed by atoms with E-state index in [4.69, 9.17) is 5.11 Å². The van der Waals surface area contributed by atoms with Crippen LogP contribution >= 0.6 is 0 Å². The molecule has 5 nitrogen and oxygen atoms in total. The van der Waals surface area contributed by atoms with E-state index in [2.05, 4.69) is 10.3 Å². The van der Waals surface area contributed by atoms with Gasteiger partial charge in [0.1, 0.15) is 11.7 Å². The minimum Gasteiger partial charge on any atom is -0.480 e. The van der Waals surface area contributed by atoms with Crippen LogP contribution < -0.4 is 5.32 Å². The van der Waals surface area contributed by atoms with Crippen molar-refractivity contribution in [2.24, 2.45) is 5.92 Å². The molecule has 0 aliphatic rings. The van der Waals surface area contributed by atoms with Crippen molar-refractivity contribution in [1.29, 1.82) is 0 Å². The Bertz CT molecular complexity index is 512. The molecule has 0 fully saturated rings. The zero-order valence-electron chi connectivity index (χ0n) is 11.4. The number of rotatable bonds is 5. The van der Waals surface area contributed by atoms with Crippen LogP contribution in [-0.2, 0) is 11.0 Å². The van der Waals surface area contributed by atoms with Crippen LogP contribution in [0.1, 0.15) is 36.3 Å². The first-order valence-electron chi connectivity index (χ1n) is 6.18. The molecule has 2 N–H and O–H groups in total.